The Hall–Kier alpha value is -3.31. The van der Waals surface area contributed by atoms with E-state index in [2.05, 4.69) is 21.7 Å². The molecular weight excluding hydrogens is 386 g/mol. The van der Waals surface area contributed by atoms with Crippen LogP contribution < -0.4 is 10.6 Å². The van der Waals surface area contributed by atoms with Crippen LogP contribution in [0.5, 0.6) is 0 Å². The van der Waals surface area contributed by atoms with Gasteiger partial charge in [0.25, 0.3) is 0 Å². The molecule has 1 amide bonds. The van der Waals surface area contributed by atoms with Crippen LogP contribution in [-0.2, 0) is 17.8 Å². The molecule has 2 heterocycles. The number of hydrogen-bond acceptors (Lipinski definition) is 3. The quantitative estimate of drug-likeness (QED) is 0.381. The van der Waals surface area contributed by atoms with Crippen molar-refractivity contribution in [1.82, 2.24) is 15.6 Å². The van der Waals surface area contributed by atoms with E-state index < -0.39 is 6.04 Å². The second-order valence-corrected chi connectivity index (χ2v) is 8.09. The summed E-state index contributed by atoms with van der Waals surface area (Å²) >= 11 is 0. The fourth-order valence-corrected chi connectivity index (χ4v) is 3.88. The summed E-state index contributed by atoms with van der Waals surface area (Å²) in [5.74, 6) is 1.72. The second kappa shape index (κ2) is 9.23. The molecule has 0 bridgehead atoms. The molecule has 2 atom stereocenters. The molecule has 4 aromatic rings. The van der Waals surface area contributed by atoms with Crippen molar-refractivity contribution in [1.29, 1.82) is 0 Å². The van der Waals surface area contributed by atoms with E-state index in [0.29, 0.717) is 13.0 Å². The van der Waals surface area contributed by atoms with Crippen molar-refractivity contribution in [2.24, 2.45) is 0 Å². The van der Waals surface area contributed by atoms with Gasteiger partial charge in [-0.05, 0) is 56.0 Å². The molecule has 5 nitrogen and oxygen atoms in total. The molecule has 2 aromatic heterocycles. The van der Waals surface area contributed by atoms with Gasteiger partial charge in [0.05, 0.1) is 18.6 Å². The minimum absolute atomic E-state index is 0.0263. The highest BCUT2D eigenvalue weighted by atomic mass is 16.3. The maximum atomic E-state index is 13.3. The monoisotopic (exact) mass is 415 g/mol. The minimum atomic E-state index is -0.393. The summed E-state index contributed by atoms with van der Waals surface area (Å²) < 4.78 is 5.80. The largest absolute Gasteiger partial charge is 0.465 e. The van der Waals surface area contributed by atoms with Gasteiger partial charge in [0.2, 0.25) is 5.91 Å². The van der Waals surface area contributed by atoms with Crippen LogP contribution in [0.3, 0.4) is 0 Å². The lowest BCUT2D eigenvalue weighted by atomic mass is 10.0. The molecule has 0 radical (unpaired) electrons. The van der Waals surface area contributed by atoms with Crippen LogP contribution in [0.15, 0.2) is 71.3 Å². The van der Waals surface area contributed by atoms with Gasteiger partial charge >= 0.3 is 0 Å². The Balaban J connectivity index is 1.52. The lowest BCUT2D eigenvalue weighted by Crippen LogP contribution is -2.46. The Morgan fingerprint density at radius 2 is 1.81 bits per heavy atom. The van der Waals surface area contributed by atoms with Crippen LogP contribution in [-0.4, -0.2) is 16.9 Å². The number of carbonyl (C=O) groups is 1. The van der Waals surface area contributed by atoms with E-state index in [9.17, 15) is 4.79 Å². The van der Waals surface area contributed by atoms with Crippen LogP contribution in [0.4, 0.5) is 0 Å². The fourth-order valence-electron chi connectivity index (χ4n) is 3.88. The number of benzene rings is 2. The topological polar surface area (TPSA) is 70.1 Å². The lowest BCUT2D eigenvalue weighted by molar-refractivity contribution is -0.123. The van der Waals surface area contributed by atoms with Gasteiger partial charge in [-0.15, -0.1) is 0 Å². The Morgan fingerprint density at radius 3 is 2.55 bits per heavy atom. The molecule has 5 heteroatoms. The number of carbonyl (C=O) groups excluding carboxylic acids is 1. The number of furan rings is 1. The summed E-state index contributed by atoms with van der Waals surface area (Å²) in [7, 11) is 0. The summed E-state index contributed by atoms with van der Waals surface area (Å²) in [4.78, 5) is 16.6. The van der Waals surface area contributed by atoms with E-state index in [1.54, 1.807) is 0 Å². The Bertz CT molecular complexity index is 1140. The number of amides is 1. The Kier molecular flexibility index (Phi) is 6.23. The summed E-state index contributed by atoms with van der Waals surface area (Å²) in [5.41, 5.74) is 4.39. The summed E-state index contributed by atoms with van der Waals surface area (Å²) in [5, 5.41) is 7.73. The van der Waals surface area contributed by atoms with E-state index in [0.717, 1.165) is 39.1 Å². The van der Waals surface area contributed by atoms with Gasteiger partial charge in [-0.2, -0.15) is 0 Å². The van der Waals surface area contributed by atoms with Gasteiger partial charge in [0, 0.05) is 17.1 Å². The van der Waals surface area contributed by atoms with E-state index >= 15 is 0 Å². The van der Waals surface area contributed by atoms with Gasteiger partial charge in [-0.3, -0.25) is 10.1 Å². The first-order valence-corrected chi connectivity index (χ1v) is 10.7. The molecule has 2 aromatic carbocycles. The number of para-hydroxylation sites is 1. The molecule has 160 valence electrons. The molecule has 0 aliphatic carbocycles. The molecule has 0 aliphatic rings. The Morgan fingerprint density at radius 1 is 1.06 bits per heavy atom. The van der Waals surface area contributed by atoms with Gasteiger partial charge in [-0.25, -0.2) is 0 Å². The van der Waals surface area contributed by atoms with E-state index in [1.165, 1.54) is 0 Å². The van der Waals surface area contributed by atoms with Gasteiger partial charge in [-0.1, -0.05) is 48.5 Å². The molecule has 4 rings (SSSR count). The van der Waals surface area contributed by atoms with Crippen molar-refractivity contribution >= 4 is 16.8 Å². The van der Waals surface area contributed by atoms with Crippen LogP contribution in [0.1, 0.15) is 41.2 Å². The molecular formula is C26H29N3O2. The zero-order chi connectivity index (χ0) is 21.8. The number of H-pyrrole nitrogens is 1. The first-order valence-electron chi connectivity index (χ1n) is 10.7. The predicted molar refractivity (Wildman–Crippen MR) is 124 cm³/mol. The highest BCUT2D eigenvalue weighted by molar-refractivity contribution is 5.86. The molecule has 0 aliphatic heterocycles. The highest BCUT2D eigenvalue weighted by Gasteiger charge is 2.22. The van der Waals surface area contributed by atoms with Gasteiger partial charge in [0.1, 0.15) is 11.5 Å². The van der Waals surface area contributed by atoms with Crippen molar-refractivity contribution < 1.29 is 9.21 Å². The third-order valence-electron chi connectivity index (χ3n) is 5.81. The second-order valence-electron chi connectivity index (χ2n) is 8.09. The zero-order valence-electron chi connectivity index (χ0n) is 18.2. The SMILES string of the molecule is Cc1cc(CN[C@H](Cc2c[nH]c3ccccc23)C(=O)N[C@@H](C)c2ccccc2)oc1C. The number of aromatic nitrogens is 1. The number of nitrogens with one attached hydrogen (secondary N) is 3. The first kappa shape index (κ1) is 20.9. The smallest absolute Gasteiger partial charge is 0.237 e. The van der Waals surface area contributed by atoms with E-state index in [1.807, 2.05) is 81.6 Å². The molecule has 0 unspecified atom stereocenters. The predicted octanol–water partition coefficient (Wildman–Crippen LogP) is 4.96. The van der Waals surface area contributed by atoms with Crippen LogP contribution in [0.2, 0.25) is 0 Å². The van der Waals surface area contributed by atoms with Crippen molar-refractivity contribution in [3.8, 4) is 0 Å². The average molecular weight is 416 g/mol. The summed E-state index contributed by atoms with van der Waals surface area (Å²) in [6.45, 7) is 6.49. The third kappa shape index (κ3) is 4.89. The number of rotatable bonds is 8. The number of fused-ring (bicyclic) bond motifs is 1. The van der Waals surface area contributed by atoms with E-state index in [4.69, 9.17) is 4.42 Å². The summed E-state index contributed by atoms with van der Waals surface area (Å²) in [6.07, 6.45) is 2.57. The normalized spacial score (nSPS) is 13.3. The molecule has 0 saturated carbocycles. The van der Waals surface area contributed by atoms with Gasteiger partial charge in [0.15, 0.2) is 0 Å². The summed E-state index contributed by atoms with van der Waals surface area (Å²) in [6, 6.07) is 19.7. The average Bonchev–Trinajstić information content (AvgIpc) is 3.34. The van der Waals surface area contributed by atoms with Crippen LogP contribution in [0.25, 0.3) is 10.9 Å². The van der Waals surface area contributed by atoms with E-state index in [-0.39, 0.29) is 11.9 Å². The van der Waals surface area contributed by atoms with Crippen molar-refractivity contribution in [2.75, 3.05) is 0 Å². The van der Waals surface area contributed by atoms with Crippen molar-refractivity contribution in [3.63, 3.8) is 0 Å². The molecule has 31 heavy (non-hydrogen) atoms. The first-order chi connectivity index (χ1) is 15.0. The maximum Gasteiger partial charge on any atom is 0.237 e. The van der Waals surface area contributed by atoms with Crippen LogP contribution >= 0.6 is 0 Å². The van der Waals surface area contributed by atoms with Crippen molar-refractivity contribution in [3.05, 3.63) is 95.1 Å². The molecule has 0 spiro atoms. The third-order valence-corrected chi connectivity index (χ3v) is 5.81. The lowest BCUT2D eigenvalue weighted by Gasteiger charge is -2.21. The van der Waals surface area contributed by atoms with Crippen LogP contribution in [0, 0.1) is 13.8 Å². The Labute approximate surface area is 182 Å². The fraction of sp³-hybridized carbons (Fsp3) is 0.269. The molecule has 3 N–H and O–H groups in total. The van der Waals surface area contributed by atoms with Crippen molar-refractivity contribution in [2.45, 2.75) is 45.8 Å². The molecule has 0 saturated heterocycles. The minimum Gasteiger partial charge on any atom is -0.465 e. The van der Waals surface area contributed by atoms with Gasteiger partial charge < -0.3 is 14.7 Å². The number of hydrogen-bond donors (Lipinski definition) is 3. The molecule has 0 fully saturated rings. The maximum absolute atomic E-state index is 13.3. The zero-order valence-corrected chi connectivity index (χ0v) is 18.2. The number of aromatic amines is 1. The standard InChI is InChI=1S/C26H29N3O2/c1-17-13-22(31-19(17)3)16-28-25(14-21-15-27-24-12-8-7-11-23(21)24)26(30)29-18(2)20-9-5-4-6-10-20/h4-13,15,18,25,27-28H,14,16H2,1-3H3,(H,29,30)/t18-,25+/m0/s1. The highest BCUT2D eigenvalue weighted by Crippen LogP contribution is 2.20. The number of aryl methyl sites for hydroxylation is 2.